The van der Waals surface area contributed by atoms with E-state index < -0.39 is 0 Å². The number of hydrogen-bond donors (Lipinski definition) is 4. The first-order valence-electron chi connectivity index (χ1n) is 16.8. The standard InChI is InChI=1S/C21H17Cl2N3.C14H13Cl2N.C7H5ClN2/c22-16-9-5-14(6-10-16)18(15-7-11-17(23)12-8-15)13-24-21-25-19-3-1-2-4-20(19)26-21;15-12-5-1-10(2-6-12)14(9-17)11-3-7-13(16)8-4-11;8-7-9-5-3-1-2-4-6(5)10-7/h1-12,18H,13H2,(H2,24,25,26);1-8,14H,9,17H2;1-4H,(H,9,10). The van der Waals surface area contributed by atoms with Crippen LogP contribution in [0.4, 0.5) is 5.95 Å². The first kappa shape index (κ1) is 38.2. The molecule has 0 bridgehead atoms. The summed E-state index contributed by atoms with van der Waals surface area (Å²) in [5, 5.41) is 6.81. The van der Waals surface area contributed by atoms with E-state index in [2.05, 4.69) is 49.5 Å². The van der Waals surface area contributed by atoms with Gasteiger partial charge >= 0.3 is 0 Å². The molecule has 8 rings (SSSR count). The molecule has 53 heavy (non-hydrogen) atoms. The number of anilines is 1. The molecule has 0 fully saturated rings. The molecule has 6 aromatic carbocycles. The van der Waals surface area contributed by atoms with Crippen molar-refractivity contribution < 1.29 is 0 Å². The lowest BCUT2D eigenvalue weighted by Crippen LogP contribution is -2.14. The van der Waals surface area contributed by atoms with Gasteiger partial charge in [-0.2, -0.15) is 0 Å². The second kappa shape index (κ2) is 18.5. The maximum atomic E-state index is 6.05. The zero-order valence-electron chi connectivity index (χ0n) is 28.3. The van der Waals surface area contributed by atoms with Crippen LogP contribution in [0.5, 0.6) is 0 Å². The number of nitrogens with zero attached hydrogens (tertiary/aromatic N) is 2. The summed E-state index contributed by atoms with van der Waals surface area (Å²) in [5.74, 6) is 1.10. The van der Waals surface area contributed by atoms with Crippen LogP contribution in [-0.2, 0) is 0 Å². The summed E-state index contributed by atoms with van der Waals surface area (Å²) in [4.78, 5) is 14.8. The lowest BCUT2D eigenvalue weighted by atomic mass is 9.91. The molecule has 0 unspecified atom stereocenters. The normalized spacial score (nSPS) is 10.9. The van der Waals surface area contributed by atoms with E-state index >= 15 is 0 Å². The molecule has 0 spiro atoms. The number of para-hydroxylation sites is 4. The van der Waals surface area contributed by atoms with Crippen LogP contribution in [0.2, 0.25) is 25.4 Å². The van der Waals surface area contributed by atoms with Gasteiger partial charge in [0.15, 0.2) is 0 Å². The Morgan fingerprint density at radius 2 is 0.849 bits per heavy atom. The maximum absolute atomic E-state index is 6.05. The van der Waals surface area contributed by atoms with E-state index in [-0.39, 0.29) is 11.8 Å². The van der Waals surface area contributed by atoms with E-state index in [0.29, 0.717) is 18.4 Å². The number of rotatable bonds is 8. The zero-order valence-corrected chi connectivity index (χ0v) is 32.1. The number of aromatic amines is 2. The van der Waals surface area contributed by atoms with Crippen LogP contribution in [0.3, 0.4) is 0 Å². The second-order valence-corrected chi connectivity index (χ2v) is 14.2. The van der Waals surface area contributed by atoms with Crippen molar-refractivity contribution in [3.05, 3.63) is 193 Å². The summed E-state index contributed by atoms with van der Waals surface area (Å²) in [6.07, 6.45) is 0. The summed E-state index contributed by atoms with van der Waals surface area (Å²) in [6.45, 7) is 1.26. The third-order valence-electron chi connectivity index (χ3n) is 8.55. The largest absolute Gasteiger partial charge is 0.355 e. The van der Waals surface area contributed by atoms with Gasteiger partial charge in [-0.3, -0.25) is 0 Å². The smallest absolute Gasteiger partial charge is 0.201 e. The molecule has 0 aliphatic heterocycles. The number of fused-ring (bicyclic) bond motifs is 2. The fourth-order valence-corrected chi connectivity index (χ4v) is 6.53. The van der Waals surface area contributed by atoms with Gasteiger partial charge in [0.25, 0.3) is 0 Å². The fraction of sp³-hybridized carbons (Fsp3) is 0.0952. The van der Waals surface area contributed by atoms with Crippen molar-refractivity contribution in [3.8, 4) is 0 Å². The van der Waals surface area contributed by atoms with E-state index in [1.54, 1.807) is 0 Å². The fourth-order valence-electron chi connectivity index (χ4n) is 5.83. The van der Waals surface area contributed by atoms with Crippen molar-refractivity contribution in [3.63, 3.8) is 0 Å². The van der Waals surface area contributed by atoms with Crippen molar-refractivity contribution in [2.75, 3.05) is 18.4 Å². The minimum Gasteiger partial charge on any atom is -0.355 e. The molecular formula is C42H35Cl5N6. The number of nitrogens with one attached hydrogen (secondary N) is 3. The van der Waals surface area contributed by atoms with Crippen LogP contribution in [-0.4, -0.2) is 33.0 Å². The van der Waals surface area contributed by atoms with Gasteiger partial charge in [0.1, 0.15) is 0 Å². The highest BCUT2D eigenvalue weighted by Crippen LogP contribution is 2.28. The van der Waals surface area contributed by atoms with E-state index in [1.165, 1.54) is 22.3 Å². The summed E-state index contributed by atoms with van der Waals surface area (Å²) in [7, 11) is 0. The van der Waals surface area contributed by atoms with Crippen LogP contribution in [0, 0.1) is 0 Å². The first-order chi connectivity index (χ1) is 25.7. The third kappa shape index (κ3) is 10.5. The Bertz CT molecular complexity index is 2180. The van der Waals surface area contributed by atoms with Gasteiger partial charge in [-0.25, -0.2) is 9.97 Å². The number of H-pyrrole nitrogens is 2. The molecule has 5 N–H and O–H groups in total. The lowest BCUT2D eigenvalue weighted by Gasteiger charge is -2.19. The van der Waals surface area contributed by atoms with Gasteiger partial charge in [-0.05, 0) is 107 Å². The van der Waals surface area contributed by atoms with Gasteiger partial charge < -0.3 is 21.0 Å². The molecule has 0 saturated heterocycles. The van der Waals surface area contributed by atoms with Crippen LogP contribution in [0.1, 0.15) is 34.1 Å². The second-order valence-electron chi connectivity index (χ2n) is 12.1. The van der Waals surface area contributed by atoms with E-state index in [9.17, 15) is 0 Å². The van der Waals surface area contributed by atoms with E-state index in [4.69, 9.17) is 63.7 Å². The Labute approximate surface area is 333 Å². The summed E-state index contributed by atoms with van der Waals surface area (Å²) in [5.41, 5.74) is 14.4. The number of imidazole rings is 2. The zero-order chi connectivity index (χ0) is 37.2. The monoisotopic (exact) mass is 798 g/mol. The Kier molecular flexibility index (Phi) is 13.3. The number of aromatic nitrogens is 4. The molecule has 0 radical (unpaired) electrons. The Morgan fingerprint density at radius 3 is 1.25 bits per heavy atom. The Hall–Kier alpha value is -4.53. The van der Waals surface area contributed by atoms with Crippen LogP contribution in [0.15, 0.2) is 146 Å². The number of hydrogen-bond acceptors (Lipinski definition) is 4. The van der Waals surface area contributed by atoms with Gasteiger partial charge in [0.2, 0.25) is 11.2 Å². The Morgan fingerprint density at radius 1 is 0.472 bits per heavy atom. The molecule has 0 aliphatic rings. The number of benzene rings is 6. The summed E-state index contributed by atoms with van der Waals surface area (Å²) >= 11 is 29.5. The molecule has 11 heteroatoms. The maximum Gasteiger partial charge on any atom is 0.201 e. The van der Waals surface area contributed by atoms with Crippen molar-refractivity contribution in [1.29, 1.82) is 0 Å². The highest BCUT2D eigenvalue weighted by molar-refractivity contribution is 6.31. The van der Waals surface area contributed by atoms with Crippen LogP contribution < -0.4 is 11.1 Å². The van der Waals surface area contributed by atoms with Gasteiger partial charge in [0, 0.05) is 45.0 Å². The summed E-state index contributed by atoms with van der Waals surface area (Å²) < 4.78 is 0. The number of halogens is 5. The summed E-state index contributed by atoms with van der Waals surface area (Å²) in [6, 6.07) is 47.2. The quantitative estimate of drug-likeness (QED) is 0.123. The topological polar surface area (TPSA) is 95.4 Å². The molecular weight excluding hydrogens is 766 g/mol. The Balaban J connectivity index is 0.000000152. The van der Waals surface area contributed by atoms with E-state index in [1.807, 2.05) is 121 Å². The molecule has 2 heterocycles. The molecule has 6 nitrogen and oxygen atoms in total. The molecule has 0 atom stereocenters. The molecule has 2 aromatic heterocycles. The van der Waals surface area contributed by atoms with Gasteiger partial charge in [-0.1, -0.05) is 119 Å². The predicted octanol–water partition coefficient (Wildman–Crippen LogP) is 12.4. The van der Waals surface area contributed by atoms with Crippen LogP contribution in [0.25, 0.3) is 22.1 Å². The van der Waals surface area contributed by atoms with Crippen molar-refractivity contribution in [1.82, 2.24) is 19.9 Å². The first-order valence-corrected chi connectivity index (χ1v) is 18.7. The van der Waals surface area contributed by atoms with Crippen molar-refractivity contribution >= 4 is 86.0 Å². The molecule has 0 saturated carbocycles. The number of nitrogens with two attached hydrogens (primary N) is 1. The molecule has 268 valence electrons. The molecule has 8 aromatic rings. The average Bonchev–Trinajstić information content (AvgIpc) is 3.78. The van der Waals surface area contributed by atoms with Gasteiger partial charge in [0.05, 0.1) is 22.1 Å². The highest BCUT2D eigenvalue weighted by atomic mass is 35.5. The van der Waals surface area contributed by atoms with Crippen molar-refractivity contribution in [2.24, 2.45) is 5.73 Å². The average molecular weight is 801 g/mol. The minimum atomic E-state index is 0.151. The van der Waals surface area contributed by atoms with Crippen molar-refractivity contribution in [2.45, 2.75) is 11.8 Å². The molecule has 0 aliphatic carbocycles. The van der Waals surface area contributed by atoms with E-state index in [0.717, 1.165) is 48.1 Å². The third-order valence-corrected chi connectivity index (χ3v) is 9.74. The SMILES string of the molecule is Clc1ccc(C(CNc2nc3ccccc3[nH]2)c2ccc(Cl)cc2)cc1.Clc1nc2ccccc2[nH]1.NCC(c1ccc(Cl)cc1)c1ccc(Cl)cc1. The van der Waals surface area contributed by atoms with Gasteiger partial charge in [-0.15, -0.1) is 0 Å². The minimum absolute atomic E-state index is 0.151. The predicted molar refractivity (Wildman–Crippen MR) is 224 cm³/mol. The lowest BCUT2D eigenvalue weighted by molar-refractivity contribution is 0.819. The van der Waals surface area contributed by atoms with Crippen LogP contribution >= 0.6 is 58.0 Å². The molecule has 0 amide bonds. The highest BCUT2D eigenvalue weighted by Gasteiger charge is 2.16.